The predicted octanol–water partition coefficient (Wildman–Crippen LogP) is 8.35. The van der Waals surface area contributed by atoms with Crippen molar-refractivity contribution in [2.45, 2.75) is 84.0 Å². The van der Waals surface area contributed by atoms with E-state index >= 15 is 0 Å². The summed E-state index contributed by atoms with van der Waals surface area (Å²) in [6, 6.07) is 20.7. The highest BCUT2D eigenvalue weighted by Crippen LogP contribution is 2.50. The Kier molecular flexibility index (Phi) is 8.44. The molecule has 0 unspecified atom stereocenters. The number of carbonyl (C=O) groups excluding carboxylic acids is 1. The van der Waals surface area contributed by atoms with Crippen molar-refractivity contribution in [3.8, 4) is 22.9 Å². The number of hydrogen-bond donors (Lipinski definition) is 0. The zero-order valence-electron chi connectivity index (χ0n) is 20.7. The maximum absolute atomic E-state index is 12.9. The van der Waals surface area contributed by atoms with Crippen LogP contribution in [0.5, 0.6) is 5.75 Å². The highest BCUT2D eigenvalue weighted by molar-refractivity contribution is 5.75. The summed E-state index contributed by atoms with van der Waals surface area (Å²) in [5.74, 6) is 1.73. The van der Waals surface area contributed by atoms with Gasteiger partial charge in [0.1, 0.15) is 5.75 Å². The lowest BCUT2D eigenvalue weighted by Crippen LogP contribution is -2.38. The van der Waals surface area contributed by atoms with E-state index in [0.717, 1.165) is 42.7 Å². The Morgan fingerprint density at radius 3 is 2.18 bits per heavy atom. The highest BCUT2D eigenvalue weighted by Gasteiger charge is 2.44. The Morgan fingerprint density at radius 2 is 1.56 bits per heavy atom. The Balaban J connectivity index is 1.27. The Morgan fingerprint density at radius 1 is 0.912 bits per heavy atom. The van der Waals surface area contributed by atoms with Gasteiger partial charge in [0, 0.05) is 0 Å². The standard InChI is InChI=1S/C31H39NO2/c1-2-3-5-8-24-11-15-28(16-12-24)31(23-32)21-19-27(20-22-31)30(33)34-29-17-13-26(14-18-29)25-9-6-4-7-10-25/h4,6-7,9-10,13-14,17-18,24,27-28H,2-3,5,8,11-12,15-16,19-22H2,1H3. The molecule has 0 spiro atoms. The second kappa shape index (κ2) is 11.7. The van der Waals surface area contributed by atoms with Gasteiger partial charge < -0.3 is 4.74 Å². The van der Waals surface area contributed by atoms with Crippen molar-refractivity contribution in [1.29, 1.82) is 5.26 Å². The molecule has 2 saturated carbocycles. The molecule has 3 heteroatoms. The van der Waals surface area contributed by atoms with Crippen LogP contribution in [0.2, 0.25) is 0 Å². The summed E-state index contributed by atoms with van der Waals surface area (Å²) in [6.07, 6.45) is 13.5. The van der Waals surface area contributed by atoms with Gasteiger partial charge in [0.25, 0.3) is 0 Å². The monoisotopic (exact) mass is 457 g/mol. The molecule has 3 nitrogen and oxygen atoms in total. The van der Waals surface area contributed by atoms with Gasteiger partial charge in [-0.25, -0.2) is 0 Å². The molecule has 0 aromatic heterocycles. The number of nitrogens with zero attached hydrogens (tertiary/aromatic N) is 1. The van der Waals surface area contributed by atoms with E-state index in [1.165, 1.54) is 51.4 Å². The minimum atomic E-state index is -0.234. The van der Waals surface area contributed by atoms with Gasteiger partial charge in [-0.15, -0.1) is 0 Å². The maximum Gasteiger partial charge on any atom is 0.314 e. The van der Waals surface area contributed by atoms with E-state index in [-0.39, 0.29) is 17.3 Å². The summed E-state index contributed by atoms with van der Waals surface area (Å²) in [5, 5.41) is 10.1. The zero-order chi connectivity index (χ0) is 23.8. The molecule has 34 heavy (non-hydrogen) atoms. The first-order valence-corrected chi connectivity index (χ1v) is 13.4. The fourth-order valence-electron chi connectivity index (χ4n) is 6.21. The number of carbonyl (C=O) groups is 1. The van der Waals surface area contributed by atoms with Crippen molar-refractivity contribution in [3.05, 3.63) is 54.6 Å². The van der Waals surface area contributed by atoms with Gasteiger partial charge in [-0.3, -0.25) is 4.79 Å². The van der Waals surface area contributed by atoms with Crippen molar-refractivity contribution in [2.24, 2.45) is 23.2 Å². The lowest BCUT2D eigenvalue weighted by molar-refractivity contribution is -0.141. The third-order valence-electron chi connectivity index (χ3n) is 8.46. The van der Waals surface area contributed by atoms with Gasteiger partial charge in [0.15, 0.2) is 0 Å². The first kappa shape index (κ1) is 24.5. The zero-order valence-corrected chi connectivity index (χ0v) is 20.7. The van der Waals surface area contributed by atoms with E-state index in [1.54, 1.807) is 0 Å². The average Bonchev–Trinajstić information content (AvgIpc) is 2.90. The Bertz CT molecular complexity index is 943. The second-order valence-corrected chi connectivity index (χ2v) is 10.6. The van der Waals surface area contributed by atoms with Crippen molar-refractivity contribution in [3.63, 3.8) is 0 Å². The van der Waals surface area contributed by atoms with Crippen LogP contribution in [-0.2, 0) is 4.79 Å². The van der Waals surface area contributed by atoms with E-state index in [2.05, 4.69) is 25.1 Å². The minimum Gasteiger partial charge on any atom is -0.426 e. The molecule has 2 aliphatic carbocycles. The fraction of sp³-hybridized carbons (Fsp3) is 0.548. The van der Waals surface area contributed by atoms with Crippen LogP contribution in [0.3, 0.4) is 0 Å². The second-order valence-electron chi connectivity index (χ2n) is 10.6. The molecule has 180 valence electrons. The minimum absolute atomic E-state index is 0.0966. The third-order valence-corrected chi connectivity index (χ3v) is 8.46. The van der Waals surface area contributed by atoms with Gasteiger partial charge in [-0.1, -0.05) is 87.9 Å². The van der Waals surface area contributed by atoms with Crippen LogP contribution in [0.15, 0.2) is 54.6 Å². The number of unbranched alkanes of at least 4 members (excludes halogenated alkanes) is 2. The van der Waals surface area contributed by atoms with E-state index in [1.807, 2.05) is 42.5 Å². The summed E-state index contributed by atoms with van der Waals surface area (Å²) in [7, 11) is 0. The Labute approximate surface area is 205 Å². The number of ether oxygens (including phenoxy) is 1. The van der Waals surface area contributed by atoms with Gasteiger partial charge in [0.2, 0.25) is 0 Å². The quantitative estimate of drug-likeness (QED) is 0.227. The molecule has 2 aromatic carbocycles. The van der Waals surface area contributed by atoms with E-state index in [4.69, 9.17) is 4.74 Å². The average molecular weight is 458 g/mol. The van der Waals surface area contributed by atoms with Crippen molar-refractivity contribution >= 4 is 5.97 Å². The number of nitriles is 1. The summed E-state index contributed by atoms with van der Waals surface area (Å²) in [6.45, 7) is 2.27. The van der Waals surface area contributed by atoms with Gasteiger partial charge in [-0.05, 0) is 73.6 Å². The molecule has 2 aliphatic rings. The van der Waals surface area contributed by atoms with Gasteiger partial charge in [0.05, 0.1) is 17.4 Å². The van der Waals surface area contributed by atoms with Crippen LogP contribution < -0.4 is 4.74 Å². The van der Waals surface area contributed by atoms with Crippen molar-refractivity contribution in [2.75, 3.05) is 0 Å². The van der Waals surface area contributed by atoms with Gasteiger partial charge >= 0.3 is 5.97 Å². The Hall–Kier alpha value is -2.60. The van der Waals surface area contributed by atoms with Crippen LogP contribution in [0, 0.1) is 34.5 Å². The summed E-state index contributed by atoms with van der Waals surface area (Å²) >= 11 is 0. The summed E-state index contributed by atoms with van der Waals surface area (Å²) in [5.41, 5.74) is 2.02. The molecule has 4 rings (SSSR count). The smallest absolute Gasteiger partial charge is 0.314 e. The van der Waals surface area contributed by atoms with E-state index in [0.29, 0.717) is 11.7 Å². The molecule has 2 aromatic rings. The summed E-state index contributed by atoms with van der Waals surface area (Å²) in [4.78, 5) is 12.9. The van der Waals surface area contributed by atoms with Crippen molar-refractivity contribution in [1.82, 2.24) is 0 Å². The van der Waals surface area contributed by atoms with Crippen LogP contribution in [-0.4, -0.2) is 5.97 Å². The third kappa shape index (κ3) is 5.90. The number of esters is 1. The molecular formula is C31H39NO2. The van der Waals surface area contributed by atoms with Gasteiger partial charge in [-0.2, -0.15) is 5.26 Å². The first-order chi connectivity index (χ1) is 16.6. The topological polar surface area (TPSA) is 50.1 Å². The lowest BCUT2D eigenvalue weighted by atomic mass is 9.59. The van der Waals surface area contributed by atoms with E-state index in [9.17, 15) is 10.1 Å². The molecular weight excluding hydrogens is 418 g/mol. The molecule has 2 fully saturated rings. The molecule has 0 amide bonds. The van der Waals surface area contributed by atoms with Crippen LogP contribution >= 0.6 is 0 Å². The molecule has 0 N–H and O–H groups in total. The molecule has 0 radical (unpaired) electrons. The molecule has 0 atom stereocenters. The number of hydrogen-bond acceptors (Lipinski definition) is 3. The number of benzene rings is 2. The molecule has 0 heterocycles. The fourth-order valence-corrected chi connectivity index (χ4v) is 6.21. The largest absolute Gasteiger partial charge is 0.426 e. The maximum atomic E-state index is 12.9. The molecule has 0 saturated heterocycles. The number of rotatable bonds is 8. The SMILES string of the molecule is CCCCCC1CCC(C2(C#N)CCC(C(=O)Oc3ccc(-c4ccccc4)cc3)CC2)CC1. The molecule has 0 bridgehead atoms. The predicted molar refractivity (Wildman–Crippen MR) is 137 cm³/mol. The normalized spacial score (nSPS) is 27.0. The van der Waals surface area contributed by atoms with Crippen LogP contribution in [0.25, 0.3) is 11.1 Å². The molecule has 0 aliphatic heterocycles. The first-order valence-electron chi connectivity index (χ1n) is 13.4. The highest BCUT2D eigenvalue weighted by atomic mass is 16.5. The lowest BCUT2D eigenvalue weighted by Gasteiger charge is -2.43. The van der Waals surface area contributed by atoms with Crippen LogP contribution in [0.1, 0.15) is 84.0 Å². The van der Waals surface area contributed by atoms with Crippen molar-refractivity contribution < 1.29 is 9.53 Å². The van der Waals surface area contributed by atoms with Crippen LogP contribution in [0.4, 0.5) is 0 Å². The summed E-state index contributed by atoms with van der Waals surface area (Å²) < 4.78 is 5.73. The van der Waals surface area contributed by atoms with E-state index < -0.39 is 0 Å².